The third-order valence-corrected chi connectivity index (χ3v) is 3.24. The third kappa shape index (κ3) is 33.9. The van der Waals surface area contributed by atoms with Gasteiger partial charge < -0.3 is 40.9 Å². The molecule has 0 bridgehead atoms. The summed E-state index contributed by atoms with van der Waals surface area (Å²) in [5, 5.41) is 66.7. The molecule has 212 valence electrons. The number of carboxylic acids is 8. The molecule has 0 saturated heterocycles. The molecule has 0 unspecified atom stereocenters. The monoisotopic (exact) mass is 543 g/mol. The lowest BCUT2D eigenvalue weighted by molar-refractivity contribution is -0.146. The summed E-state index contributed by atoms with van der Waals surface area (Å²) < 4.78 is 0. The van der Waals surface area contributed by atoms with E-state index in [1.165, 1.54) is 0 Å². The van der Waals surface area contributed by atoms with Crippen molar-refractivity contribution < 1.29 is 79.2 Å². The Morgan fingerprint density at radius 2 is 0.514 bits per heavy atom. The lowest BCUT2D eigenvalue weighted by Crippen LogP contribution is -2.43. The summed E-state index contributed by atoms with van der Waals surface area (Å²) in [6.07, 6.45) is 0. The molecule has 0 aliphatic heterocycles. The smallest absolute Gasteiger partial charge is 0.317 e. The fraction of sp³-hybridized carbons (Fsp3) is 0.556. The molecular weight excluding hydrogens is 514 g/mol. The topological polar surface area (TPSA) is 308 Å². The number of carboxylic acid groups (broad SMARTS) is 8. The average molecular weight is 543 g/mol. The Morgan fingerprint density at radius 1 is 0.378 bits per heavy atom. The van der Waals surface area contributed by atoms with Crippen LogP contribution < -0.4 is 0 Å². The Bertz CT molecular complexity index is 705. The maximum Gasteiger partial charge on any atom is 0.317 e. The maximum atomic E-state index is 10.6. The number of carbonyl (C=O) groups is 8. The number of hydrogen-bond acceptors (Lipinski definition) is 11. The summed E-state index contributed by atoms with van der Waals surface area (Å²) in [6.45, 7) is -2.96. The van der Waals surface area contributed by atoms with E-state index in [-0.39, 0.29) is 13.1 Å². The Morgan fingerprint density at radius 3 is 0.649 bits per heavy atom. The van der Waals surface area contributed by atoms with Gasteiger partial charge in [-0.2, -0.15) is 0 Å². The van der Waals surface area contributed by atoms with E-state index in [9.17, 15) is 33.6 Å². The van der Waals surface area contributed by atoms with E-state index in [4.69, 9.17) is 45.6 Å². The minimum absolute atomic E-state index is 0.0703. The predicted octanol–water partition coefficient (Wildman–Crippen LogP) is -3.44. The van der Waals surface area contributed by atoms with E-state index in [2.05, 4.69) is 0 Å². The lowest BCUT2D eigenvalue weighted by atomic mass is 10.4. The summed E-state index contributed by atoms with van der Waals surface area (Å²) in [5.74, 6) is -9.53. The van der Waals surface area contributed by atoms with Gasteiger partial charge in [-0.3, -0.25) is 53.1 Å². The number of hydrogen-bond donors (Lipinski definition) is 8. The minimum Gasteiger partial charge on any atom is -0.481 e. The van der Waals surface area contributed by atoms with Crippen molar-refractivity contribution in [2.24, 2.45) is 0 Å². The quantitative estimate of drug-likeness (QED) is 0.0884. The molecule has 0 aromatic rings. The zero-order valence-electron chi connectivity index (χ0n) is 19.5. The van der Waals surface area contributed by atoms with Crippen molar-refractivity contribution in [2.75, 3.05) is 58.9 Å². The van der Waals surface area contributed by atoms with Crippen molar-refractivity contribution in [2.45, 2.75) is 6.92 Å². The molecule has 0 radical (unpaired) electrons. The molecule has 19 heteroatoms. The highest BCUT2D eigenvalue weighted by molar-refractivity contribution is 5.76. The lowest BCUT2D eigenvalue weighted by Gasteiger charge is -2.23. The molecule has 0 aromatic carbocycles. The van der Waals surface area contributed by atoms with E-state index in [0.29, 0.717) is 0 Å². The zero-order chi connectivity index (χ0) is 29.7. The SMILES string of the molecule is CC(=O)O.O=C(O)CN(CC(=O)O)CC(=O)O.O=C(O)CN(CCN(CC(=O)O)CC(=O)O)CC(=O)O. The zero-order valence-corrected chi connectivity index (χ0v) is 19.5. The van der Waals surface area contributed by atoms with Gasteiger partial charge in [-0.1, -0.05) is 0 Å². The molecule has 0 aliphatic carbocycles. The molecule has 0 heterocycles. The van der Waals surface area contributed by atoms with Crippen molar-refractivity contribution in [1.82, 2.24) is 14.7 Å². The van der Waals surface area contributed by atoms with Crippen LogP contribution in [0.5, 0.6) is 0 Å². The molecule has 0 rings (SSSR count). The van der Waals surface area contributed by atoms with Crippen LogP contribution in [0.1, 0.15) is 6.92 Å². The molecule has 0 aromatic heterocycles. The van der Waals surface area contributed by atoms with Gasteiger partial charge in [0.1, 0.15) is 0 Å². The molecule has 8 N–H and O–H groups in total. The minimum atomic E-state index is -1.26. The molecule has 37 heavy (non-hydrogen) atoms. The summed E-state index contributed by atoms with van der Waals surface area (Å²) >= 11 is 0. The van der Waals surface area contributed by atoms with Crippen LogP contribution in [0.25, 0.3) is 0 Å². The summed E-state index contributed by atoms with van der Waals surface area (Å²) in [6, 6.07) is 0. The second-order valence-electron chi connectivity index (χ2n) is 6.84. The largest absolute Gasteiger partial charge is 0.481 e. The van der Waals surface area contributed by atoms with E-state index in [1.54, 1.807) is 0 Å². The van der Waals surface area contributed by atoms with Gasteiger partial charge in [0.05, 0.1) is 45.8 Å². The Balaban J connectivity index is -0.000000581. The van der Waals surface area contributed by atoms with Gasteiger partial charge in [-0.15, -0.1) is 0 Å². The fourth-order valence-electron chi connectivity index (χ4n) is 2.22. The first-order valence-corrected chi connectivity index (χ1v) is 9.74. The van der Waals surface area contributed by atoms with Crippen LogP contribution in [0, 0.1) is 0 Å². The average Bonchev–Trinajstić information content (AvgIpc) is 2.62. The molecule has 0 amide bonds. The van der Waals surface area contributed by atoms with Crippen LogP contribution in [-0.4, -0.2) is 162 Å². The summed E-state index contributed by atoms with van der Waals surface area (Å²) in [7, 11) is 0. The van der Waals surface area contributed by atoms with Crippen molar-refractivity contribution in [3.05, 3.63) is 0 Å². The van der Waals surface area contributed by atoms with Gasteiger partial charge in [0, 0.05) is 20.0 Å². The van der Waals surface area contributed by atoms with Gasteiger partial charge in [-0.05, 0) is 0 Å². The van der Waals surface area contributed by atoms with Gasteiger partial charge in [-0.25, -0.2) is 0 Å². The van der Waals surface area contributed by atoms with Gasteiger partial charge in [0.2, 0.25) is 0 Å². The van der Waals surface area contributed by atoms with E-state index in [1.807, 2.05) is 0 Å². The van der Waals surface area contributed by atoms with Crippen LogP contribution in [0.3, 0.4) is 0 Å². The second kappa shape index (κ2) is 21.0. The van der Waals surface area contributed by atoms with Gasteiger partial charge in [0.25, 0.3) is 5.97 Å². The Hall–Kier alpha value is -4.36. The van der Waals surface area contributed by atoms with Crippen LogP contribution >= 0.6 is 0 Å². The van der Waals surface area contributed by atoms with Crippen molar-refractivity contribution >= 4 is 47.8 Å². The van der Waals surface area contributed by atoms with Crippen molar-refractivity contribution in [1.29, 1.82) is 0 Å². The van der Waals surface area contributed by atoms with Crippen LogP contribution in [0.4, 0.5) is 0 Å². The third-order valence-electron chi connectivity index (χ3n) is 3.24. The first-order chi connectivity index (χ1) is 16.8. The Kier molecular flexibility index (Phi) is 21.1. The summed E-state index contributed by atoms with van der Waals surface area (Å²) in [5.41, 5.74) is 0. The van der Waals surface area contributed by atoms with Crippen LogP contribution in [0.15, 0.2) is 0 Å². The normalized spacial score (nSPS) is 9.95. The van der Waals surface area contributed by atoms with Crippen LogP contribution in [0.2, 0.25) is 0 Å². The highest BCUT2D eigenvalue weighted by Gasteiger charge is 2.18. The van der Waals surface area contributed by atoms with E-state index < -0.39 is 93.6 Å². The standard InChI is InChI=1S/C10H16N2O8.C6H9NO6.C2H4O2/c13-7(14)3-11(4-8(15)16)1-2-12(5-9(17)18)6-10(19)20;8-4(9)1-7(2-5(10)11)3-6(12)13;1-2(3)4/h1-6H2,(H,13,14)(H,15,16)(H,17,18)(H,19,20);1-3H2,(H,8,9)(H,10,11)(H,12,13);1H3,(H,3,4). The highest BCUT2D eigenvalue weighted by Crippen LogP contribution is 1.94. The molecule has 0 aliphatic rings. The molecular formula is C18H29N3O16. The molecule has 0 atom stereocenters. The fourth-order valence-corrected chi connectivity index (χ4v) is 2.22. The van der Waals surface area contributed by atoms with Gasteiger partial charge >= 0.3 is 41.8 Å². The van der Waals surface area contributed by atoms with E-state index in [0.717, 1.165) is 21.6 Å². The highest BCUT2D eigenvalue weighted by atomic mass is 16.4. The second-order valence-corrected chi connectivity index (χ2v) is 6.84. The summed E-state index contributed by atoms with van der Waals surface area (Å²) in [4.78, 5) is 84.6. The molecule has 19 nitrogen and oxygen atoms in total. The molecule has 0 saturated carbocycles. The number of rotatable bonds is 17. The van der Waals surface area contributed by atoms with Crippen molar-refractivity contribution in [3.8, 4) is 0 Å². The number of aliphatic carboxylic acids is 8. The van der Waals surface area contributed by atoms with E-state index >= 15 is 0 Å². The molecule has 0 spiro atoms. The van der Waals surface area contributed by atoms with Crippen molar-refractivity contribution in [3.63, 3.8) is 0 Å². The predicted molar refractivity (Wildman–Crippen MR) is 116 cm³/mol. The van der Waals surface area contributed by atoms with Gasteiger partial charge in [0.15, 0.2) is 0 Å². The first kappa shape index (κ1) is 37.2. The van der Waals surface area contributed by atoms with Crippen LogP contribution in [-0.2, 0) is 38.4 Å². The Labute approximate surface area is 208 Å². The molecule has 0 fully saturated rings. The maximum absolute atomic E-state index is 10.6. The number of nitrogens with zero attached hydrogens (tertiary/aromatic N) is 3. The first-order valence-electron chi connectivity index (χ1n) is 9.74.